The lowest BCUT2D eigenvalue weighted by molar-refractivity contribution is 0.0935. The average Bonchev–Trinajstić information content (AvgIpc) is 2.55. The Morgan fingerprint density at radius 2 is 2.18 bits per heavy atom. The molecule has 0 fully saturated rings. The molecule has 1 rings (SSSR count). The summed E-state index contributed by atoms with van der Waals surface area (Å²) in [5, 5.41) is 3.37. The van der Waals surface area contributed by atoms with Crippen molar-refractivity contribution in [1.82, 2.24) is 9.88 Å². The Hall–Kier alpha value is -1.00. The van der Waals surface area contributed by atoms with E-state index in [-0.39, 0.29) is 11.9 Å². The number of aromatic nitrogens is 1. The SMILES string of the molecule is CC(C)n1cc(Cl)cc1C(=O)NCC(C)(C)N. The highest BCUT2D eigenvalue weighted by molar-refractivity contribution is 6.31. The van der Waals surface area contributed by atoms with Crippen molar-refractivity contribution in [2.24, 2.45) is 5.73 Å². The van der Waals surface area contributed by atoms with Crippen molar-refractivity contribution in [1.29, 1.82) is 0 Å². The average molecular weight is 258 g/mol. The molecule has 0 spiro atoms. The topological polar surface area (TPSA) is 60.0 Å². The number of carbonyl (C=O) groups is 1. The van der Waals surface area contributed by atoms with Gasteiger partial charge in [0.25, 0.3) is 5.91 Å². The van der Waals surface area contributed by atoms with Gasteiger partial charge in [-0.2, -0.15) is 0 Å². The van der Waals surface area contributed by atoms with Gasteiger partial charge in [-0.3, -0.25) is 4.79 Å². The first-order chi connectivity index (χ1) is 7.70. The molecule has 1 aromatic heterocycles. The molecule has 0 saturated heterocycles. The van der Waals surface area contributed by atoms with Gasteiger partial charge in [0.1, 0.15) is 5.69 Å². The molecular weight excluding hydrogens is 238 g/mol. The van der Waals surface area contributed by atoms with E-state index in [0.717, 1.165) is 0 Å². The first-order valence-electron chi connectivity index (χ1n) is 5.65. The monoisotopic (exact) mass is 257 g/mol. The van der Waals surface area contributed by atoms with Gasteiger partial charge in [-0.05, 0) is 33.8 Å². The maximum Gasteiger partial charge on any atom is 0.268 e. The van der Waals surface area contributed by atoms with Crippen LogP contribution in [0.4, 0.5) is 0 Å². The van der Waals surface area contributed by atoms with Gasteiger partial charge in [-0.15, -0.1) is 0 Å². The molecular formula is C12H20ClN3O. The Balaban J connectivity index is 2.82. The van der Waals surface area contributed by atoms with Crippen LogP contribution in [0.25, 0.3) is 0 Å². The number of amides is 1. The third-order valence-electron chi connectivity index (χ3n) is 2.31. The number of nitrogens with one attached hydrogen (secondary N) is 1. The Morgan fingerprint density at radius 1 is 1.59 bits per heavy atom. The molecule has 96 valence electrons. The van der Waals surface area contributed by atoms with Gasteiger partial charge in [0.2, 0.25) is 0 Å². The number of hydrogen-bond donors (Lipinski definition) is 2. The number of halogens is 1. The van der Waals surface area contributed by atoms with E-state index in [1.165, 1.54) is 0 Å². The van der Waals surface area contributed by atoms with E-state index in [1.807, 2.05) is 32.3 Å². The predicted molar refractivity (Wildman–Crippen MR) is 70.4 cm³/mol. The van der Waals surface area contributed by atoms with Crippen LogP contribution in [0.2, 0.25) is 5.02 Å². The van der Waals surface area contributed by atoms with E-state index < -0.39 is 5.54 Å². The Morgan fingerprint density at radius 3 is 2.65 bits per heavy atom. The van der Waals surface area contributed by atoms with Gasteiger partial charge in [0.15, 0.2) is 0 Å². The summed E-state index contributed by atoms with van der Waals surface area (Å²) in [6, 6.07) is 1.86. The standard InChI is InChI=1S/C12H20ClN3O/c1-8(2)16-6-9(13)5-10(16)11(17)15-7-12(3,4)14/h5-6,8H,7,14H2,1-4H3,(H,15,17). The molecule has 0 aliphatic carbocycles. The summed E-state index contributed by atoms with van der Waals surface area (Å²) >= 11 is 5.92. The molecule has 5 heteroatoms. The van der Waals surface area contributed by atoms with Crippen LogP contribution in [0.5, 0.6) is 0 Å². The molecule has 0 unspecified atom stereocenters. The minimum absolute atomic E-state index is 0.149. The fourth-order valence-corrected chi connectivity index (χ4v) is 1.66. The molecule has 1 amide bonds. The third-order valence-corrected chi connectivity index (χ3v) is 2.52. The smallest absolute Gasteiger partial charge is 0.268 e. The summed E-state index contributed by atoms with van der Waals surface area (Å²) in [7, 11) is 0. The van der Waals surface area contributed by atoms with Crippen molar-refractivity contribution in [2.45, 2.75) is 39.3 Å². The van der Waals surface area contributed by atoms with Crippen LogP contribution < -0.4 is 11.1 Å². The number of nitrogens with zero attached hydrogens (tertiary/aromatic N) is 1. The fourth-order valence-electron chi connectivity index (χ4n) is 1.45. The lowest BCUT2D eigenvalue weighted by atomic mass is 10.1. The van der Waals surface area contributed by atoms with Crippen molar-refractivity contribution in [3.05, 3.63) is 23.0 Å². The van der Waals surface area contributed by atoms with E-state index in [1.54, 1.807) is 12.3 Å². The fraction of sp³-hybridized carbons (Fsp3) is 0.583. The van der Waals surface area contributed by atoms with Gasteiger partial charge in [0.05, 0.1) is 5.02 Å². The highest BCUT2D eigenvalue weighted by Crippen LogP contribution is 2.18. The van der Waals surface area contributed by atoms with E-state index in [0.29, 0.717) is 17.3 Å². The number of rotatable bonds is 4. The van der Waals surface area contributed by atoms with Gasteiger partial charge in [0, 0.05) is 24.3 Å². The second kappa shape index (κ2) is 5.10. The van der Waals surface area contributed by atoms with Crippen molar-refractivity contribution >= 4 is 17.5 Å². The summed E-state index contributed by atoms with van der Waals surface area (Å²) in [6.07, 6.45) is 1.76. The van der Waals surface area contributed by atoms with E-state index in [2.05, 4.69) is 5.32 Å². The lowest BCUT2D eigenvalue weighted by Gasteiger charge is -2.19. The van der Waals surface area contributed by atoms with Crippen molar-refractivity contribution in [2.75, 3.05) is 6.54 Å². The molecule has 0 bridgehead atoms. The first-order valence-corrected chi connectivity index (χ1v) is 6.03. The Labute approximate surface area is 107 Å². The second-order valence-electron chi connectivity index (χ2n) is 5.22. The molecule has 0 radical (unpaired) electrons. The first kappa shape index (κ1) is 14.1. The maximum absolute atomic E-state index is 12.0. The summed E-state index contributed by atoms with van der Waals surface area (Å²) < 4.78 is 1.85. The van der Waals surface area contributed by atoms with E-state index in [4.69, 9.17) is 17.3 Å². The minimum Gasteiger partial charge on any atom is -0.349 e. The molecule has 0 aliphatic heterocycles. The van der Waals surface area contributed by atoms with E-state index in [9.17, 15) is 4.79 Å². The van der Waals surface area contributed by atoms with E-state index >= 15 is 0 Å². The lowest BCUT2D eigenvalue weighted by Crippen LogP contribution is -2.45. The molecule has 3 N–H and O–H groups in total. The highest BCUT2D eigenvalue weighted by Gasteiger charge is 2.17. The summed E-state index contributed by atoms with van der Waals surface area (Å²) in [5.41, 5.74) is 5.96. The zero-order valence-corrected chi connectivity index (χ0v) is 11.5. The number of carbonyl (C=O) groups excluding carboxylic acids is 1. The van der Waals surface area contributed by atoms with Crippen molar-refractivity contribution < 1.29 is 4.79 Å². The highest BCUT2D eigenvalue weighted by atomic mass is 35.5. The minimum atomic E-state index is -0.422. The van der Waals surface area contributed by atoms with Crippen LogP contribution in [0.3, 0.4) is 0 Å². The summed E-state index contributed by atoms with van der Waals surface area (Å²) in [4.78, 5) is 12.0. The van der Waals surface area contributed by atoms with Gasteiger partial charge >= 0.3 is 0 Å². The maximum atomic E-state index is 12.0. The van der Waals surface area contributed by atoms with Gasteiger partial charge in [-0.25, -0.2) is 0 Å². The van der Waals surface area contributed by atoms with Gasteiger partial charge < -0.3 is 15.6 Å². The van der Waals surface area contributed by atoms with Crippen molar-refractivity contribution in [3.63, 3.8) is 0 Å². The Bertz CT molecular complexity index is 404. The predicted octanol–water partition coefficient (Wildman–Crippen LogP) is 2.19. The molecule has 1 heterocycles. The molecule has 4 nitrogen and oxygen atoms in total. The van der Waals surface area contributed by atoms with Crippen LogP contribution in [0, 0.1) is 0 Å². The number of nitrogens with two attached hydrogens (primary N) is 1. The zero-order valence-electron chi connectivity index (χ0n) is 10.7. The molecule has 0 atom stereocenters. The molecule has 1 aromatic rings. The largest absolute Gasteiger partial charge is 0.349 e. The Kier molecular flexibility index (Phi) is 4.22. The molecule has 0 aromatic carbocycles. The van der Waals surface area contributed by atoms with Crippen molar-refractivity contribution in [3.8, 4) is 0 Å². The van der Waals surface area contributed by atoms with Gasteiger partial charge in [-0.1, -0.05) is 11.6 Å². The third kappa shape index (κ3) is 4.06. The zero-order chi connectivity index (χ0) is 13.2. The van der Waals surface area contributed by atoms with Crippen LogP contribution >= 0.6 is 11.6 Å². The molecule has 17 heavy (non-hydrogen) atoms. The van der Waals surface area contributed by atoms with Crippen LogP contribution in [-0.2, 0) is 0 Å². The normalized spacial score (nSPS) is 11.9. The van der Waals surface area contributed by atoms with Crippen LogP contribution in [-0.4, -0.2) is 22.6 Å². The molecule has 0 saturated carbocycles. The second-order valence-corrected chi connectivity index (χ2v) is 5.65. The molecule has 0 aliphatic rings. The number of hydrogen-bond acceptors (Lipinski definition) is 2. The van der Waals surface area contributed by atoms with Crippen LogP contribution in [0.1, 0.15) is 44.2 Å². The van der Waals surface area contributed by atoms with Crippen LogP contribution in [0.15, 0.2) is 12.3 Å². The summed E-state index contributed by atoms with van der Waals surface area (Å²) in [6.45, 7) is 8.15. The quantitative estimate of drug-likeness (QED) is 0.869. The summed E-state index contributed by atoms with van der Waals surface area (Å²) in [5.74, 6) is -0.149.